The van der Waals surface area contributed by atoms with Gasteiger partial charge in [-0.25, -0.2) is 0 Å². The van der Waals surface area contributed by atoms with Gasteiger partial charge in [0.1, 0.15) is 42.6 Å². The average Bonchev–Trinajstić information content (AvgIpc) is 3.61. The Kier molecular flexibility index (Phi) is 21.8. The van der Waals surface area contributed by atoms with Gasteiger partial charge in [0.15, 0.2) is 49.4 Å². The Bertz CT molecular complexity index is 2320. The van der Waals surface area contributed by atoms with Crippen LogP contribution in [0.2, 0.25) is 0 Å². The minimum atomic E-state index is -1.95. The normalized spacial score (nSPS) is 34.6. The van der Waals surface area contributed by atoms with E-state index in [-0.39, 0.29) is 5.75 Å². The van der Waals surface area contributed by atoms with Crippen LogP contribution in [0, 0.1) is 0 Å². The quantitative estimate of drug-likeness (QED) is 0.0428. The topological polar surface area (TPSA) is 506 Å². The van der Waals surface area contributed by atoms with Gasteiger partial charge in [0.2, 0.25) is 0 Å². The molecule has 72 heavy (non-hydrogen) atoms. The lowest BCUT2D eigenvalue weighted by molar-refractivity contribution is -0.309. The van der Waals surface area contributed by atoms with E-state index in [4.69, 9.17) is 62.4 Å². The lowest BCUT2D eigenvalue weighted by Gasteiger charge is -2.48. The number of esters is 6. The van der Waals surface area contributed by atoms with E-state index in [1.807, 2.05) is 0 Å². The Morgan fingerprint density at radius 1 is 0.431 bits per heavy atom. The highest BCUT2D eigenvalue weighted by Gasteiger charge is 2.59. The van der Waals surface area contributed by atoms with Crippen LogP contribution in [0.3, 0.4) is 0 Å². The van der Waals surface area contributed by atoms with Gasteiger partial charge in [-0.1, -0.05) is 30.7 Å². The van der Waals surface area contributed by atoms with Crippen LogP contribution in [0.4, 0.5) is 0 Å². The smallest absolute Gasteiger partial charge is 0.303 e. The molecule has 0 bridgehead atoms. The summed E-state index contributed by atoms with van der Waals surface area (Å²) < 4.78 is 70.7. The van der Waals surface area contributed by atoms with Crippen LogP contribution in [-0.2, 0) is 85.6 Å². The summed E-state index contributed by atoms with van der Waals surface area (Å²) in [7, 11) is 0. The predicted molar refractivity (Wildman–Crippen MR) is 232 cm³/mol. The monoisotopic (exact) mass is 1040 g/mol. The highest BCUT2D eigenvalue weighted by molar-refractivity contribution is 7.80. The third-order valence-electron chi connectivity index (χ3n) is 10.7. The molecule has 3 aliphatic heterocycles. The summed E-state index contributed by atoms with van der Waals surface area (Å²) in [5.41, 5.74) is 57.2. The molecule has 1 saturated carbocycles. The van der Waals surface area contributed by atoms with Crippen molar-refractivity contribution in [2.45, 2.75) is 164 Å². The first-order valence-electron chi connectivity index (χ1n) is 21.1. The first-order valence-corrected chi connectivity index (χ1v) is 21.7. The number of azide groups is 6. The van der Waals surface area contributed by atoms with Crippen LogP contribution >= 0.6 is 12.6 Å². The van der Waals surface area contributed by atoms with E-state index in [1.165, 1.54) is 0 Å². The van der Waals surface area contributed by atoms with Gasteiger partial charge in [-0.3, -0.25) is 28.8 Å². The molecule has 37 heteroatoms. The molecule has 4 fully saturated rings. The van der Waals surface area contributed by atoms with E-state index in [0.29, 0.717) is 0 Å². The number of hydrogen-bond acceptors (Lipinski definition) is 25. The van der Waals surface area contributed by atoms with Gasteiger partial charge in [0.05, 0.1) is 37.4 Å². The van der Waals surface area contributed by atoms with Crippen LogP contribution in [0.15, 0.2) is 30.7 Å². The molecule has 4 rings (SSSR count). The molecule has 3 saturated heterocycles. The molecule has 0 radical (unpaired) electrons. The number of carbonyl (C=O) groups excluding carboxylic acids is 6. The Morgan fingerprint density at radius 2 is 0.778 bits per heavy atom. The van der Waals surface area contributed by atoms with Crippen LogP contribution in [-0.4, -0.2) is 171 Å². The minimum absolute atomic E-state index is 0.301. The van der Waals surface area contributed by atoms with Gasteiger partial charge in [-0.2, -0.15) is 12.6 Å². The van der Waals surface area contributed by atoms with Crippen molar-refractivity contribution >= 4 is 48.4 Å². The second kappa shape index (κ2) is 27.4. The summed E-state index contributed by atoms with van der Waals surface area (Å²) in [6, 6.07) is -6.47. The zero-order valence-electron chi connectivity index (χ0n) is 38.6. The summed E-state index contributed by atoms with van der Waals surface area (Å²) in [4.78, 5) is 91.9. The standard InChI is InChI=1S/C35H46N18O18S/c1-11(54)60-24-17(44-50-38)7-18(45-51-39)25(69-33-22(46-52-40)29(63-14(4)57)26(61-12(2)55)19(66-33)8-42-48-36)31(24)71-35-32(65-16(6)59)28(21(10-72)68-35)70-34-23(47-53-41)30(64-15(5)58)27(62-13(3)56)20(67-34)9-43-49-37/h17-35,72H,7-10H2,1-6H3/t17-,18?,19?,20+,21-,22?,23?,24?,25-,26-,27-,28+,29-,30?,31-,32+,33-,34-,35?/m1/s1. The molecular weight excluding hydrogens is 993 g/mol. The van der Waals surface area contributed by atoms with E-state index < -0.39 is 172 Å². The summed E-state index contributed by atoms with van der Waals surface area (Å²) in [6.45, 7) is 4.74. The molecule has 19 atom stereocenters. The van der Waals surface area contributed by atoms with Crippen LogP contribution in [0.1, 0.15) is 48.0 Å². The first-order chi connectivity index (χ1) is 34.4. The fraction of sp³-hybridized carbons (Fsp3) is 0.829. The molecule has 0 N–H and O–H groups in total. The third kappa shape index (κ3) is 14.9. The summed E-state index contributed by atoms with van der Waals surface area (Å²) in [6.07, 6.45) is -25.8. The molecule has 0 aromatic rings. The molecule has 390 valence electrons. The average molecular weight is 1040 g/mol. The Balaban J connectivity index is 1.91. The van der Waals surface area contributed by atoms with E-state index >= 15 is 0 Å². The predicted octanol–water partition coefficient (Wildman–Crippen LogP) is 3.58. The van der Waals surface area contributed by atoms with Gasteiger partial charge >= 0.3 is 35.8 Å². The van der Waals surface area contributed by atoms with Crippen LogP contribution in [0.5, 0.6) is 0 Å². The first kappa shape index (κ1) is 57.4. The number of rotatable bonds is 21. The van der Waals surface area contributed by atoms with E-state index in [1.54, 1.807) is 0 Å². The molecule has 7 unspecified atom stereocenters. The molecule has 0 aromatic carbocycles. The maximum absolute atomic E-state index is 12.9. The lowest BCUT2D eigenvalue weighted by Crippen LogP contribution is -2.65. The summed E-state index contributed by atoms with van der Waals surface area (Å²) in [5, 5.41) is 21.9. The van der Waals surface area contributed by atoms with Gasteiger partial charge in [0, 0.05) is 76.8 Å². The summed E-state index contributed by atoms with van der Waals surface area (Å²) in [5.74, 6) is -6.07. The van der Waals surface area contributed by atoms with Gasteiger partial charge in [-0.15, -0.1) is 0 Å². The van der Waals surface area contributed by atoms with E-state index in [9.17, 15) is 56.4 Å². The van der Waals surface area contributed by atoms with Crippen molar-refractivity contribution in [3.8, 4) is 0 Å². The van der Waals surface area contributed by atoms with Crippen molar-refractivity contribution in [1.29, 1.82) is 0 Å². The van der Waals surface area contributed by atoms with Crippen LogP contribution < -0.4 is 0 Å². The fourth-order valence-electron chi connectivity index (χ4n) is 8.27. The van der Waals surface area contributed by atoms with E-state index in [2.05, 4.69) is 72.8 Å². The molecule has 0 spiro atoms. The number of nitrogens with zero attached hydrogens (tertiary/aromatic N) is 18. The van der Waals surface area contributed by atoms with Gasteiger partial charge in [-0.05, 0) is 39.6 Å². The van der Waals surface area contributed by atoms with Crippen molar-refractivity contribution < 1.29 is 85.6 Å². The van der Waals surface area contributed by atoms with Crippen molar-refractivity contribution in [1.82, 2.24) is 0 Å². The van der Waals surface area contributed by atoms with E-state index in [0.717, 1.165) is 41.5 Å². The van der Waals surface area contributed by atoms with Crippen molar-refractivity contribution in [2.75, 3.05) is 18.8 Å². The Labute approximate surface area is 409 Å². The highest BCUT2D eigenvalue weighted by Crippen LogP contribution is 2.41. The zero-order chi connectivity index (χ0) is 53.2. The highest BCUT2D eigenvalue weighted by atomic mass is 32.1. The molecule has 0 aromatic heterocycles. The van der Waals surface area contributed by atoms with Crippen molar-refractivity contribution in [3.05, 3.63) is 62.7 Å². The number of thiol groups is 1. The molecular formula is C35H46N18O18S. The van der Waals surface area contributed by atoms with Gasteiger partial charge in [0.25, 0.3) is 0 Å². The number of carbonyl (C=O) groups is 6. The number of hydrogen-bond donors (Lipinski definition) is 1. The maximum atomic E-state index is 12.9. The molecule has 0 amide bonds. The third-order valence-corrected chi connectivity index (χ3v) is 11.0. The Hall–Kier alpha value is -7.21. The number of ether oxygens (including phenoxy) is 12. The molecule has 4 aliphatic rings. The molecule has 3 heterocycles. The fourth-order valence-corrected chi connectivity index (χ4v) is 8.57. The van der Waals surface area contributed by atoms with Crippen molar-refractivity contribution in [3.63, 3.8) is 0 Å². The Morgan fingerprint density at radius 3 is 1.17 bits per heavy atom. The largest absolute Gasteiger partial charge is 0.459 e. The minimum Gasteiger partial charge on any atom is -0.459 e. The molecule has 36 nitrogen and oxygen atoms in total. The SMILES string of the molecule is CC(=O)OC1[C@@H](OC2O[C@H](CS)[C@H](O[C@H]3O[C@@H](CN=[N+]=[N-])[C@@H](OC(C)=O)C(OC(C)=O)C3N=[N+]=[N-])[C@@H]2OC(C)=O)[C@H](O[C@H]2OC(CN=[N+]=[N-])[C@@H](OC(C)=O)[C@H](OC(C)=O)C2N=[N+]=[N-])C(N=[N+]=[N-])C[C@H]1N=[N+]=[N-]. The molecule has 1 aliphatic carbocycles. The second-order valence-electron chi connectivity index (χ2n) is 15.6. The summed E-state index contributed by atoms with van der Waals surface area (Å²) >= 11 is 4.38. The second-order valence-corrected chi connectivity index (χ2v) is 15.9. The van der Waals surface area contributed by atoms with Gasteiger partial charge < -0.3 is 56.8 Å². The maximum Gasteiger partial charge on any atom is 0.303 e. The lowest BCUT2D eigenvalue weighted by atomic mass is 9.83. The zero-order valence-corrected chi connectivity index (χ0v) is 39.5. The van der Waals surface area contributed by atoms with Crippen LogP contribution in [0.25, 0.3) is 62.7 Å². The van der Waals surface area contributed by atoms with Crippen molar-refractivity contribution in [2.24, 2.45) is 30.7 Å².